The van der Waals surface area contributed by atoms with Crippen LogP contribution in [0.3, 0.4) is 0 Å². The number of benzene rings is 1. The second kappa shape index (κ2) is 7.86. The standard InChI is InChI=1S/C19H21BrN6/c20-15-12-22-19(21-10-4-7-13-5-2-1-3-6-13)24-18(15)23-17-11-16(25-26-17)14-8-9-14/h1-3,5-6,11-12,14H,4,7-10H2,(H3,21,22,23,24,25,26). The van der Waals surface area contributed by atoms with Crippen LogP contribution in [0.2, 0.25) is 0 Å². The van der Waals surface area contributed by atoms with Crippen molar-refractivity contribution in [3.05, 3.63) is 58.3 Å². The van der Waals surface area contributed by atoms with Crippen molar-refractivity contribution in [3.8, 4) is 0 Å². The van der Waals surface area contributed by atoms with Crippen LogP contribution in [0.15, 0.2) is 47.1 Å². The second-order valence-electron chi connectivity index (χ2n) is 6.51. The largest absolute Gasteiger partial charge is 0.354 e. The van der Waals surface area contributed by atoms with E-state index >= 15 is 0 Å². The number of halogens is 1. The molecule has 7 heteroatoms. The fourth-order valence-electron chi connectivity index (χ4n) is 2.80. The Kier molecular flexibility index (Phi) is 5.15. The highest BCUT2D eigenvalue weighted by Crippen LogP contribution is 2.39. The van der Waals surface area contributed by atoms with Crippen molar-refractivity contribution >= 4 is 33.5 Å². The molecular weight excluding hydrogens is 392 g/mol. The van der Waals surface area contributed by atoms with E-state index in [1.165, 1.54) is 24.1 Å². The summed E-state index contributed by atoms with van der Waals surface area (Å²) in [7, 11) is 0. The minimum absolute atomic E-state index is 0.613. The van der Waals surface area contributed by atoms with Gasteiger partial charge >= 0.3 is 0 Å². The first kappa shape index (κ1) is 17.0. The summed E-state index contributed by atoms with van der Waals surface area (Å²) >= 11 is 3.50. The van der Waals surface area contributed by atoms with E-state index in [0.29, 0.717) is 17.7 Å². The highest BCUT2D eigenvalue weighted by Gasteiger charge is 2.25. The highest BCUT2D eigenvalue weighted by atomic mass is 79.9. The number of nitrogens with one attached hydrogen (secondary N) is 3. The van der Waals surface area contributed by atoms with Crippen LogP contribution in [0.4, 0.5) is 17.6 Å². The number of hydrogen-bond donors (Lipinski definition) is 3. The fraction of sp³-hybridized carbons (Fsp3) is 0.316. The van der Waals surface area contributed by atoms with Crippen molar-refractivity contribution in [2.75, 3.05) is 17.2 Å². The van der Waals surface area contributed by atoms with E-state index in [1.54, 1.807) is 6.20 Å². The topological polar surface area (TPSA) is 78.5 Å². The van der Waals surface area contributed by atoms with Crippen LogP contribution in [0, 0.1) is 0 Å². The number of H-pyrrole nitrogens is 1. The molecule has 2 aromatic heterocycles. The Hall–Kier alpha value is -2.41. The summed E-state index contributed by atoms with van der Waals surface area (Å²) in [6.07, 6.45) is 6.30. The molecule has 1 saturated carbocycles. The summed E-state index contributed by atoms with van der Waals surface area (Å²) in [5.74, 6) is 2.75. The zero-order valence-electron chi connectivity index (χ0n) is 14.4. The Bertz CT molecular complexity index is 859. The molecule has 134 valence electrons. The average Bonchev–Trinajstić information content (AvgIpc) is 3.41. The lowest BCUT2D eigenvalue weighted by atomic mass is 10.1. The number of nitrogens with zero attached hydrogens (tertiary/aromatic N) is 3. The summed E-state index contributed by atoms with van der Waals surface area (Å²) in [5, 5.41) is 13.9. The first-order chi connectivity index (χ1) is 12.8. The van der Waals surface area contributed by atoms with Crippen molar-refractivity contribution in [1.29, 1.82) is 0 Å². The van der Waals surface area contributed by atoms with Crippen molar-refractivity contribution < 1.29 is 0 Å². The molecule has 0 atom stereocenters. The molecule has 0 aliphatic heterocycles. The normalized spacial score (nSPS) is 13.6. The van der Waals surface area contributed by atoms with E-state index in [4.69, 9.17) is 0 Å². The number of aromatic amines is 1. The van der Waals surface area contributed by atoms with Gasteiger partial charge in [0, 0.05) is 30.4 Å². The van der Waals surface area contributed by atoms with Gasteiger partial charge in [-0.05, 0) is 47.2 Å². The lowest BCUT2D eigenvalue weighted by molar-refractivity contribution is 0.853. The molecule has 6 nitrogen and oxygen atoms in total. The smallest absolute Gasteiger partial charge is 0.224 e. The summed E-state index contributed by atoms with van der Waals surface area (Å²) in [6, 6.07) is 12.5. The highest BCUT2D eigenvalue weighted by molar-refractivity contribution is 9.10. The van der Waals surface area contributed by atoms with Gasteiger partial charge in [0.15, 0.2) is 11.6 Å². The van der Waals surface area contributed by atoms with Crippen LogP contribution in [0.5, 0.6) is 0 Å². The lowest BCUT2D eigenvalue weighted by Gasteiger charge is -2.08. The predicted molar refractivity (Wildman–Crippen MR) is 107 cm³/mol. The zero-order chi connectivity index (χ0) is 17.8. The molecule has 0 spiro atoms. The van der Waals surface area contributed by atoms with Crippen LogP contribution in [0.25, 0.3) is 0 Å². The van der Waals surface area contributed by atoms with Gasteiger partial charge in [-0.15, -0.1) is 0 Å². The third-order valence-corrected chi connectivity index (χ3v) is 4.95. The van der Waals surface area contributed by atoms with Crippen LogP contribution < -0.4 is 10.6 Å². The summed E-state index contributed by atoms with van der Waals surface area (Å²) < 4.78 is 0.809. The van der Waals surface area contributed by atoms with E-state index < -0.39 is 0 Å². The molecule has 0 amide bonds. The first-order valence-electron chi connectivity index (χ1n) is 8.90. The van der Waals surface area contributed by atoms with Gasteiger partial charge in [-0.2, -0.15) is 10.1 Å². The van der Waals surface area contributed by atoms with Gasteiger partial charge in [0.05, 0.1) is 4.47 Å². The lowest BCUT2D eigenvalue weighted by Crippen LogP contribution is -2.08. The molecule has 3 N–H and O–H groups in total. The number of aromatic nitrogens is 4. The van der Waals surface area contributed by atoms with Crippen molar-refractivity contribution in [1.82, 2.24) is 20.2 Å². The molecule has 1 aromatic carbocycles. The Morgan fingerprint density at radius 2 is 2.04 bits per heavy atom. The van der Waals surface area contributed by atoms with E-state index in [-0.39, 0.29) is 0 Å². The van der Waals surface area contributed by atoms with Gasteiger partial charge in [0.25, 0.3) is 0 Å². The van der Waals surface area contributed by atoms with E-state index in [2.05, 4.69) is 77.1 Å². The van der Waals surface area contributed by atoms with Crippen molar-refractivity contribution in [3.63, 3.8) is 0 Å². The summed E-state index contributed by atoms with van der Waals surface area (Å²) in [6.45, 7) is 0.824. The molecule has 1 aliphatic rings. The molecule has 0 saturated heterocycles. The van der Waals surface area contributed by atoms with Gasteiger partial charge in [-0.25, -0.2) is 4.98 Å². The third kappa shape index (κ3) is 4.40. The number of hydrogen-bond acceptors (Lipinski definition) is 5. The molecule has 3 aromatic rings. The number of anilines is 3. The SMILES string of the molecule is Brc1cnc(NCCCc2ccccc2)nc1Nc1cc(C2CC2)[nH]n1. The van der Waals surface area contributed by atoms with E-state index in [0.717, 1.165) is 29.7 Å². The van der Waals surface area contributed by atoms with Crippen molar-refractivity contribution in [2.24, 2.45) is 0 Å². The van der Waals surface area contributed by atoms with Crippen molar-refractivity contribution in [2.45, 2.75) is 31.6 Å². The van der Waals surface area contributed by atoms with Crippen LogP contribution in [-0.4, -0.2) is 26.7 Å². The van der Waals surface area contributed by atoms with Gasteiger partial charge in [-0.3, -0.25) is 5.10 Å². The van der Waals surface area contributed by atoms with Gasteiger partial charge in [0.1, 0.15) is 0 Å². The summed E-state index contributed by atoms with van der Waals surface area (Å²) in [5.41, 5.74) is 2.54. The maximum atomic E-state index is 4.55. The van der Waals surface area contributed by atoms with Crippen LogP contribution >= 0.6 is 15.9 Å². The Morgan fingerprint density at radius 3 is 2.85 bits per heavy atom. The number of aryl methyl sites for hydroxylation is 1. The quantitative estimate of drug-likeness (QED) is 0.470. The molecule has 0 bridgehead atoms. The molecule has 1 aliphatic carbocycles. The maximum absolute atomic E-state index is 4.55. The average molecular weight is 413 g/mol. The van der Waals surface area contributed by atoms with Crippen LogP contribution in [0.1, 0.15) is 36.4 Å². The maximum Gasteiger partial charge on any atom is 0.224 e. The Morgan fingerprint density at radius 1 is 1.19 bits per heavy atom. The van der Waals surface area contributed by atoms with Gasteiger partial charge < -0.3 is 10.6 Å². The molecule has 0 radical (unpaired) electrons. The Balaban J connectivity index is 1.33. The number of rotatable bonds is 8. The monoisotopic (exact) mass is 412 g/mol. The third-order valence-electron chi connectivity index (χ3n) is 4.37. The van der Waals surface area contributed by atoms with Crippen LogP contribution in [-0.2, 0) is 6.42 Å². The minimum atomic E-state index is 0.613. The first-order valence-corrected chi connectivity index (χ1v) is 9.70. The Labute approximate surface area is 161 Å². The predicted octanol–water partition coefficient (Wildman–Crippen LogP) is 4.63. The molecule has 26 heavy (non-hydrogen) atoms. The molecule has 0 unspecified atom stereocenters. The summed E-state index contributed by atoms with van der Waals surface area (Å²) in [4.78, 5) is 8.88. The van der Waals surface area contributed by atoms with E-state index in [9.17, 15) is 0 Å². The molecule has 4 rings (SSSR count). The molecular formula is C19H21BrN6. The second-order valence-corrected chi connectivity index (χ2v) is 7.37. The minimum Gasteiger partial charge on any atom is -0.354 e. The van der Waals surface area contributed by atoms with Gasteiger partial charge in [0.2, 0.25) is 5.95 Å². The van der Waals surface area contributed by atoms with E-state index in [1.807, 2.05) is 6.07 Å². The molecule has 1 fully saturated rings. The zero-order valence-corrected chi connectivity index (χ0v) is 16.0. The molecule has 2 heterocycles. The fourth-order valence-corrected chi connectivity index (χ4v) is 3.09. The van der Waals surface area contributed by atoms with Gasteiger partial charge in [-0.1, -0.05) is 30.3 Å².